The molecule has 0 saturated heterocycles. The van der Waals surface area contributed by atoms with Gasteiger partial charge in [-0.05, 0) is 30.7 Å². The van der Waals surface area contributed by atoms with Gasteiger partial charge >= 0.3 is 12.1 Å². The third kappa shape index (κ3) is 3.80. The van der Waals surface area contributed by atoms with E-state index in [2.05, 4.69) is 4.74 Å². The minimum Gasteiger partial charge on any atom is -0.484 e. The first kappa shape index (κ1) is 12.4. The van der Waals surface area contributed by atoms with Gasteiger partial charge in [0.15, 0.2) is 6.61 Å². The molecule has 0 aliphatic carbocycles. The van der Waals surface area contributed by atoms with Crippen LogP contribution in [0.3, 0.4) is 0 Å². The molecular formula is C10H9F3O3. The quantitative estimate of drug-likeness (QED) is 0.874. The molecule has 0 unspecified atom stereocenters. The van der Waals surface area contributed by atoms with Crippen LogP contribution in [-0.4, -0.2) is 23.9 Å². The Balaban J connectivity index is 2.85. The standard InChI is InChI=1S/C10H9F3O3/c1-6-2-7(9(14)15)4-8(3-6)16-5-10(11,12)13/h2-4H,5H2,1H3,(H,14,15). The minimum absolute atomic E-state index is 0.0998. The van der Waals surface area contributed by atoms with Gasteiger partial charge in [-0.1, -0.05) is 0 Å². The molecule has 0 spiro atoms. The lowest BCUT2D eigenvalue weighted by atomic mass is 10.1. The van der Waals surface area contributed by atoms with Gasteiger partial charge in [0.1, 0.15) is 5.75 Å². The third-order valence-electron chi connectivity index (χ3n) is 1.70. The van der Waals surface area contributed by atoms with Crippen molar-refractivity contribution in [1.82, 2.24) is 0 Å². The van der Waals surface area contributed by atoms with Crippen molar-refractivity contribution in [3.63, 3.8) is 0 Å². The molecule has 0 atom stereocenters. The van der Waals surface area contributed by atoms with Gasteiger partial charge in [-0.25, -0.2) is 4.79 Å². The van der Waals surface area contributed by atoms with Crippen LogP contribution >= 0.6 is 0 Å². The molecule has 16 heavy (non-hydrogen) atoms. The van der Waals surface area contributed by atoms with E-state index in [1.807, 2.05) is 0 Å². The number of aromatic carboxylic acids is 1. The number of carbonyl (C=O) groups is 1. The second-order valence-electron chi connectivity index (χ2n) is 3.24. The van der Waals surface area contributed by atoms with Crippen LogP contribution in [0.5, 0.6) is 5.75 Å². The molecule has 0 bridgehead atoms. The van der Waals surface area contributed by atoms with Crippen LogP contribution in [0.15, 0.2) is 18.2 Å². The third-order valence-corrected chi connectivity index (χ3v) is 1.70. The second kappa shape index (κ2) is 4.42. The largest absolute Gasteiger partial charge is 0.484 e. The highest BCUT2D eigenvalue weighted by Crippen LogP contribution is 2.21. The number of carboxylic acids is 1. The Hall–Kier alpha value is -1.72. The number of aryl methyl sites for hydroxylation is 1. The highest BCUT2D eigenvalue weighted by molar-refractivity contribution is 5.88. The Morgan fingerprint density at radius 1 is 1.38 bits per heavy atom. The van der Waals surface area contributed by atoms with Crippen LogP contribution < -0.4 is 4.74 Å². The van der Waals surface area contributed by atoms with Gasteiger partial charge < -0.3 is 9.84 Å². The van der Waals surface area contributed by atoms with Crippen LogP contribution in [0.1, 0.15) is 15.9 Å². The summed E-state index contributed by atoms with van der Waals surface area (Å²) in [7, 11) is 0. The number of halogens is 3. The van der Waals surface area contributed by atoms with Crippen LogP contribution in [-0.2, 0) is 0 Å². The molecule has 1 N–H and O–H groups in total. The maximum absolute atomic E-state index is 11.9. The fourth-order valence-electron chi connectivity index (χ4n) is 1.12. The van der Waals surface area contributed by atoms with Crippen molar-refractivity contribution in [3.05, 3.63) is 29.3 Å². The number of rotatable bonds is 3. The van der Waals surface area contributed by atoms with Crippen molar-refractivity contribution in [1.29, 1.82) is 0 Å². The summed E-state index contributed by atoms with van der Waals surface area (Å²) in [5.74, 6) is -1.31. The van der Waals surface area contributed by atoms with Gasteiger partial charge in [0.25, 0.3) is 0 Å². The van der Waals surface area contributed by atoms with E-state index in [9.17, 15) is 18.0 Å². The maximum atomic E-state index is 11.9. The molecular weight excluding hydrogens is 225 g/mol. The Morgan fingerprint density at radius 3 is 2.50 bits per heavy atom. The van der Waals surface area contributed by atoms with E-state index in [1.165, 1.54) is 12.1 Å². The molecule has 1 aromatic rings. The van der Waals surface area contributed by atoms with Gasteiger partial charge in [0, 0.05) is 0 Å². The summed E-state index contributed by atoms with van der Waals surface area (Å²) in [6, 6.07) is 3.75. The summed E-state index contributed by atoms with van der Waals surface area (Å²) in [6.07, 6.45) is -4.44. The summed E-state index contributed by atoms with van der Waals surface area (Å²) >= 11 is 0. The molecule has 0 aromatic heterocycles. The highest BCUT2D eigenvalue weighted by Gasteiger charge is 2.28. The highest BCUT2D eigenvalue weighted by atomic mass is 19.4. The number of hydrogen-bond acceptors (Lipinski definition) is 2. The number of ether oxygens (including phenoxy) is 1. The van der Waals surface area contributed by atoms with E-state index in [1.54, 1.807) is 6.92 Å². The van der Waals surface area contributed by atoms with Crippen molar-refractivity contribution in [2.24, 2.45) is 0 Å². The fraction of sp³-hybridized carbons (Fsp3) is 0.300. The minimum atomic E-state index is -4.44. The zero-order valence-corrected chi connectivity index (χ0v) is 8.34. The number of alkyl halides is 3. The number of hydrogen-bond donors (Lipinski definition) is 1. The molecule has 0 radical (unpaired) electrons. The van der Waals surface area contributed by atoms with E-state index in [-0.39, 0.29) is 11.3 Å². The summed E-state index contributed by atoms with van der Waals surface area (Å²) in [5.41, 5.74) is 0.425. The number of carboxylic acid groups (broad SMARTS) is 1. The summed E-state index contributed by atoms with van der Waals surface area (Å²) in [5, 5.41) is 8.68. The molecule has 3 nitrogen and oxygen atoms in total. The molecule has 0 aliphatic heterocycles. The van der Waals surface area contributed by atoms with E-state index < -0.39 is 18.8 Å². The van der Waals surface area contributed by atoms with Crippen molar-refractivity contribution >= 4 is 5.97 Å². The summed E-state index contributed by atoms with van der Waals surface area (Å²) in [4.78, 5) is 10.6. The zero-order valence-electron chi connectivity index (χ0n) is 8.34. The zero-order chi connectivity index (χ0) is 12.3. The SMILES string of the molecule is Cc1cc(OCC(F)(F)F)cc(C(=O)O)c1. The lowest BCUT2D eigenvalue weighted by Crippen LogP contribution is -2.19. The van der Waals surface area contributed by atoms with Crippen LogP contribution in [0.2, 0.25) is 0 Å². The van der Waals surface area contributed by atoms with Gasteiger partial charge in [-0.2, -0.15) is 13.2 Å². The Bertz CT molecular complexity index is 399. The van der Waals surface area contributed by atoms with E-state index in [4.69, 9.17) is 5.11 Å². The lowest BCUT2D eigenvalue weighted by molar-refractivity contribution is -0.153. The van der Waals surface area contributed by atoms with Gasteiger partial charge in [0.05, 0.1) is 5.56 Å². The van der Waals surface area contributed by atoms with Crippen molar-refractivity contribution in [2.45, 2.75) is 13.1 Å². The summed E-state index contributed by atoms with van der Waals surface area (Å²) in [6.45, 7) is 0.141. The topological polar surface area (TPSA) is 46.5 Å². The van der Waals surface area contributed by atoms with Gasteiger partial charge in [-0.15, -0.1) is 0 Å². The van der Waals surface area contributed by atoms with Gasteiger partial charge in [0.2, 0.25) is 0 Å². The molecule has 0 heterocycles. The monoisotopic (exact) mass is 234 g/mol. The smallest absolute Gasteiger partial charge is 0.422 e. The molecule has 88 valence electrons. The normalized spacial score (nSPS) is 11.2. The van der Waals surface area contributed by atoms with E-state index in [0.29, 0.717) is 5.56 Å². The molecule has 0 amide bonds. The average molecular weight is 234 g/mol. The van der Waals surface area contributed by atoms with Crippen LogP contribution in [0.25, 0.3) is 0 Å². The van der Waals surface area contributed by atoms with Crippen LogP contribution in [0, 0.1) is 6.92 Å². The Kier molecular flexibility index (Phi) is 3.41. The molecule has 6 heteroatoms. The molecule has 0 aliphatic rings. The van der Waals surface area contributed by atoms with Crippen molar-refractivity contribution in [2.75, 3.05) is 6.61 Å². The van der Waals surface area contributed by atoms with E-state index >= 15 is 0 Å². The predicted octanol–water partition coefficient (Wildman–Crippen LogP) is 2.63. The Morgan fingerprint density at radius 2 is 2.00 bits per heavy atom. The molecule has 1 rings (SSSR count). The van der Waals surface area contributed by atoms with E-state index in [0.717, 1.165) is 6.07 Å². The predicted molar refractivity (Wildman–Crippen MR) is 49.7 cm³/mol. The molecule has 0 fully saturated rings. The Labute approximate surface area is 89.5 Å². The van der Waals surface area contributed by atoms with Crippen molar-refractivity contribution in [3.8, 4) is 5.75 Å². The maximum Gasteiger partial charge on any atom is 0.422 e. The first-order valence-electron chi connectivity index (χ1n) is 4.32. The average Bonchev–Trinajstić information content (AvgIpc) is 2.13. The lowest BCUT2D eigenvalue weighted by Gasteiger charge is -2.10. The fourth-order valence-corrected chi connectivity index (χ4v) is 1.12. The second-order valence-corrected chi connectivity index (χ2v) is 3.24. The van der Waals surface area contributed by atoms with Gasteiger partial charge in [-0.3, -0.25) is 0 Å². The molecule has 0 saturated carbocycles. The summed E-state index contributed by atoms with van der Waals surface area (Å²) < 4.78 is 40.0. The van der Waals surface area contributed by atoms with Crippen LogP contribution in [0.4, 0.5) is 13.2 Å². The first-order chi connectivity index (χ1) is 7.28. The number of benzene rings is 1. The van der Waals surface area contributed by atoms with Crippen molar-refractivity contribution < 1.29 is 27.8 Å². The first-order valence-corrected chi connectivity index (χ1v) is 4.32. The molecule has 1 aromatic carbocycles.